The lowest BCUT2D eigenvalue weighted by atomic mass is 9.67. The lowest BCUT2D eigenvalue weighted by molar-refractivity contribution is 0.435. The quantitative estimate of drug-likeness (QED) is 0.188. The van der Waals surface area contributed by atoms with E-state index >= 15 is 0 Å². The van der Waals surface area contributed by atoms with Crippen molar-refractivity contribution < 1.29 is 0 Å². The summed E-state index contributed by atoms with van der Waals surface area (Å²) >= 11 is 0. The topological polar surface area (TPSA) is 15.6 Å². The predicted octanol–water partition coefficient (Wildman–Crippen LogP) is 10.7. The molecule has 2 aliphatic rings. The summed E-state index contributed by atoms with van der Waals surface area (Å²) in [6.45, 7) is 0. The molecule has 0 saturated carbocycles. The smallest absolute Gasteiger partial charge is 0.137 e. The van der Waals surface area contributed by atoms with Crippen molar-refractivity contribution in [3.05, 3.63) is 221 Å². The van der Waals surface area contributed by atoms with Crippen LogP contribution in [-0.2, 0) is 5.41 Å². The van der Waals surface area contributed by atoms with Crippen molar-refractivity contribution in [1.82, 2.24) is 4.90 Å². The summed E-state index contributed by atoms with van der Waals surface area (Å²) in [5, 5.41) is 2.54. The van der Waals surface area contributed by atoms with Crippen LogP contribution in [0.1, 0.15) is 45.0 Å². The molecule has 1 heterocycles. The molecule has 7 aromatic carbocycles. The van der Waals surface area contributed by atoms with E-state index in [2.05, 4.69) is 194 Å². The van der Waals surface area contributed by atoms with Crippen molar-refractivity contribution in [2.24, 2.45) is 4.99 Å². The Labute approximate surface area is 282 Å². The molecule has 7 aromatic rings. The molecule has 0 saturated heterocycles. The minimum Gasteiger partial charge on any atom is -0.349 e. The van der Waals surface area contributed by atoms with E-state index in [1.165, 1.54) is 49.7 Å². The first-order valence-electron chi connectivity index (χ1n) is 16.7. The van der Waals surface area contributed by atoms with Crippen LogP contribution in [-0.4, -0.2) is 17.8 Å². The van der Waals surface area contributed by atoms with Crippen LogP contribution in [0.2, 0.25) is 0 Å². The molecule has 1 atom stereocenters. The van der Waals surface area contributed by atoms with Crippen LogP contribution in [0.5, 0.6) is 0 Å². The SMILES string of the molecule is CN1C(c2ccccc2)=NC(c2ccc3c(c2)C(c2ccccc2)(c2ccccc2)c2ccc4ccccc4c2-3)=CC1c1ccccc1. The second-order valence-electron chi connectivity index (χ2n) is 12.8. The van der Waals surface area contributed by atoms with Gasteiger partial charge in [-0.25, -0.2) is 4.99 Å². The number of benzene rings is 7. The number of amidine groups is 1. The first-order chi connectivity index (χ1) is 23.7. The van der Waals surface area contributed by atoms with E-state index in [0.29, 0.717) is 0 Å². The molecule has 9 rings (SSSR count). The third-order valence-electron chi connectivity index (χ3n) is 10.2. The second kappa shape index (κ2) is 11.4. The number of nitrogens with zero attached hydrogens (tertiary/aromatic N) is 2. The van der Waals surface area contributed by atoms with E-state index in [-0.39, 0.29) is 6.04 Å². The molecule has 2 nitrogen and oxygen atoms in total. The third kappa shape index (κ3) is 4.30. The van der Waals surface area contributed by atoms with E-state index in [1.807, 2.05) is 0 Å². The monoisotopic (exact) mass is 614 g/mol. The highest BCUT2D eigenvalue weighted by molar-refractivity contribution is 6.05. The van der Waals surface area contributed by atoms with Gasteiger partial charge in [-0.1, -0.05) is 170 Å². The van der Waals surface area contributed by atoms with Crippen molar-refractivity contribution in [2.75, 3.05) is 7.05 Å². The molecule has 48 heavy (non-hydrogen) atoms. The molecule has 0 N–H and O–H groups in total. The largest absolute Gasteiger partial charge is 0.349 e. The van der Waals surface area contributed by atoms with Crippen molar-refractivity contribution in [2.45, 2.75) is 11.5 Å². The van der Waals surface area contributed by atoms with Gasteiger partial charge in [-0.2, -0.15) is 0 Å². The maximum Gasteiger partial charge on any atom is 0.137 e. The fourth-order valence-electron chi connectivity index (χ4n) is 8.03. The molecule has 1 aliphatic carbocycles. The van der Waals surface area contributed by atoms with Crippen LogP contribution in [0.4, 0.5) is 0 Å². The highest BCUT2D eigenvalue weighted by atomic mass is 15.2. The zero-order valence-electron chi connectivity index (χ0n) is 26.8. The minimum absolute atomic E-state index is 0.0382. The molecule has 2 heteroatoms. The van der Waals surface area contributed by atoms with E-state index in [0.717, 1.165) is 22.7 Å². The van der Waals surface area contributed by atoms with E-state index in [9.17, 15) is 0 Å². The van der Waals surface area contributed by atoms with Crippen LogP contribution in [0.3, 0.4) is 0 Å². The lowest BCUT2D eigenvalue weighted by Gasteiger charge is -2.35. The molecule has 0 bridgehead atoms. The first kappa shape index (κ1) is 28.3. The Kier molecular flexibility index (Phi) is 6.69. The Morgan fingerprint density at radius 2 is 1.15 bits per heavy atom. The molecule has 0 fully saturated rings. The van der Waals surface area contributed by atoms with Crippen LogP contribution >= 0.6 is 0 Å². The number of fused-ring (bicyclic) bond motifs is 5. The Hall–Kier alpha value is -5.99. The van der Waals surface area contributed by atoms with Gasteiger partial charge in [0.1, 0.15) is 5.84 Å². The second-order valence-corrected chi connectivity index (χ2v) is 12.8. The summed E-state index contributed by atoms with van der Waals surface area (Å²) < 4.78 is 0. The minimum atomic E-state index is -0.496. The maximum atomic E-state index is 5.40. The fourth-order valence-corrected chi connectivity index (χ4v) is 8.03. The van der Waals surface area contributed by atoms with Gasteiger partial charge in [-0.3, -0.25) is 0 Å². The Morgan fingerprint density at radius 1 is 0.542 bits per heavy atom. The first-order valence-corrected chi connectivity index (χ1v) is 16.7. The van der Waals surface area contributed by atoms with Gasteiger partial charge in [0, 0.05) is 18.2 Å². The Morgan fingerprint density at radius 3 is 1.83 bits per heavy atom. The average Bonchev–Trinajstić information content (AvgIpc) is 3.47. The lowest BCUT2D eigenvalue weighted by Crippen LogP contribution is -2.33. The zero-order chi connectivity index (χ0) is 32.1. The molecule has 0 amide bonds. The van der Waals surface area contributed by atoms with E-state index in [1.54, 1.807) is 0 Å². The number of hydrogen-bond acceptors (Lipinski definition) is 2. The van der Waals surface area contributed by atoms with Crippen molar-refractivity contribution in [1.29, 1.82) is 0 Å². The zero-order valence-corrected chi connectivity index (χ0v) is 26.8. The number of aliphatic imine (C=N–C) groups is 1. The Bertz CT molecular complexity index is 2300. The summed E-state index contributed by atoms with van der Waals surface area (Å²) in [5.74, 6) is 0.967. The summed E-state index contributed by atoms with van der Waals surface area (Å²) in [5.41, 5.74) is 11.7. The molecule has 1 aliphatic heterocycles. The standard InChI is InChI=1S/C46H34N2/c1-48-43(33-17-6-2-7-18-33)31-42(47-45(48)34-19-8-3-9-20-34)35-26-28-39-41(30-35)46(36-21-10-4-11-22-36,37-23-12-5-13-24-37)40-29-27-32-16-14-15-25-38(32)44(39)40/h2-31,43H,1H3. The van der Waals surface area contributed by atoms with Gasteiger partial charge in [-0.05, 0) is 61.9 Å². The number of rotatable bonds is 5. The van der Waals surface area contributed by atoms with Gasteiger partial charge in [-0.15, -0.1) is 0 Å². The normalized spacial score (nSPS) is 16.2. The van der Waals surface area contributed by atoms with Gasteiger partial charge in [0.15, 0.2) is 0 Å². The number of hydrogen-bond donors (Lipinski definition) is 0. The Balaban J connectivity index is 1.34. The van der Waals surface area contributed by atoms with Gasteiger partial charge in [0.2, 0.25) is 0 Å². The summed E-state index contributed by atoms with van der Waals surface area (Å²) in [6, 6.07) is 63.9. The van der Waals surface area contributed by atoms with E-state index in [4.69, 9.17) is 4.99 Å². The molecule has 1 unspecified atom stereocenters. The summed E-state index contributed by atoms with van der Waals surface area (Å²) in [7, 11) is 2.15. The van der Waals surface area contributed by atoms with E-state index < -0.39 is 5.41 Å². The van der Waals surface area contributed by atoms with Crippen LogP contribution in [0.15, 0.2) is 187 Å². The van der Waals surface area contributed by atoms with Crippen LogP contribution in [0.25, 0.3) is 27.6 Å². The van der Waals surface area contributed by atoms with Gasteiger partial charge < -0.3 is 4.90 Å². The van der Waals surface area contributed by atoms with Crippen molar-refractivity contribution >= 4 is 22.3 Å². The van der Waals surface area contributed by atoms with Crippen LogP contribution < -0.4 is 0 Å². The third-order valence-corrected chi connectivity index (χ3v) is 10.2. The summed E-state index contributed by atoms with van der Waals surface area (Å²) in [4.78, 5) is 7.69. The molecular weight excluding hydrogens is 581 g/mol. The average molecular weight is 615 g/mol. The van der Waals surface area contributed by atoms with Gasteiger partial charge in [0.25, 0.3) is 0 Å². The van der Waals surface area contributed by atoms with Crippen molar-refractivity contribution in [3.63, 3.8) is 0 Å². The molecular formula is C46H34N2. The molecule has 0 aromatic heterocycles. The maximum absolute atomic E-state index is 5.40. The predicted molar refractivity (Wildman–Crippen MR) is 199 cm³/mol. The molecule has 0 spiro atoms. The highest BCUT2D eigenvalue weighted by Crippen LogP contribution is 2.58. The van der Waals surface area contributed by atoms with Crippen molar-refractivity contribution in [3.8, 4) is 11.1 Å². The van der Waals surface area contributed by atoms with Crippen LogP contribution in [0, 0.1) is 0 Å². The number of likely N-dealkylation sites (N-methyl/N-ethyl adjacent to an activating group) is 1. The summed E-state index contributed by atoms with van der Waals surface area (Å²) in [6.07, 6.45) is 2.33. The van der Waals surface area contributed by atoms with Gasteiger partial charge >= 0.3 is 0 Å². The highest BCUT2D eigenvalue weighted by Gasteiger charge is 2.47. The fraction of sp³-hybridized carbons (Fsp3) is 0.0652. The van der Waals surface area contributed by atoms with Gasteiger partial charge in [0.05, 0.1) is 17.2 Å². The molecule has 0 radical (unpaired) electrons. The molecule has 228 valence electrons.